The number of hydrogen-bond donors (Lipinski definition) is 0. The van der Waals surface area contributed by atoms with Gasteiger partial charge in [-0.05, 0) is 25.0 Å². The van der Waals surface area contributed by atoms with Gasteiger partial charge in [0.1, 0.15) is 0 Å². The van der Waals surface area contributed by atoms with Gasteiger partial charge in [-0.1, -0.05) is 5.16 Å². The number of aromatic nitrogens is 2. The zero-order valence-electron chi connectivity index (χ0n) is 11.9. The molecule has 0 radical (unpaired) electrons. The van der Waals surface area contributed by atoms with E-state index in [1.54, 1.807) is 12.1 Å². The molecule has 2 heterocycles. The average molecular weight is 367 g/mol. The van der Waals surface area contributed by atoms with Crippen LogP contribution >= 0.6 is 11.3 Å². The normalized spacial score (nSPS) is 16.2. The van der Waals surface area contributed by atoms with Crippen molar-refractivity contribution in [3.63, 3.8) is 0 Å². The first-order chi connectivity index (χ1) is 10.6. The predicted molar refractivity (Wildman–Crippen MR) is 76.0 cm³/mol. The lowest BCUT2D eigenvalue weighted by Gasteiger charge is -2.18. The third kappa shape index (κ3) is 3.72. The number of rotatable bonds is 5. The first-order valence-electron chi connectivity index (χ1n) is 6.61. The van der Waals surface area contributed by atoms with E-state index >= 15 is 0 Å². The summed E-state index contributed by atoms with van der Waals surface area (Å²) in [5.74, 6) is -1.57. The van der Waals surface area contributed by atoms with Crippen LogP contribution in [0.5, 0.6) is 0 Å². The van der Waals surface area contributed by atoms with Gasteiger partial charge < -0.3 is 4.52 Å². The molecule has 0 aromatic carbocycles. The van der Waals surface area contributed by atoms with E-state index in [0.29, 0.717) is 9.75 Å². The minimum atomic E-state index is -4.69. The van der Waals surface area contributed by atoms with Crippen LogP contribution < -0.4 is 0 Å². The molecular formula is C12H12F3N3O3S2. The average Bonchev–Trinajstić information content (AvgIpc) is 2.95. The third-order valence-corrected chi connectivity index (χ3v) is 5.59. The Bertz CT molecular complexity index is 809. The fourth-order valence-electron chi connectivity index (χ4n) is 2.06. The summed E-state index contributed by atoms with van der Waals surface area (Å²) in [5.41, 5.74) is 0. The van der Waals surface area contributed by atoms with Gasteiger partial charge in [-0.2, -0.15) is 22.5 Å². The second-order valence-corrected chi connectivity index (χ2v) is 8.33. The molecule has 0 spiro atoms. The standard InChI is InChI=1S/C12H12F3N3O3S2/c1-23(19,20)18(7-2-3-7)6-8-4-5-9(22-8)10-16-11(21-17-10)12(13,14)15/h4-5,7H,2-3,6H2,1H3. The topological polar surface area (TPSA) is 76.3 Å². The lowest BCUT2D eigenvalue weighted by Crippen LogP contribution is -2.31. The Balaban J connectivity index is 1.79. The number of halogens is 3. The van der Waals surface area contributed by atoms with E-state index in [1.807, 2.05) is 0 Å². The summed E-state index contributed by atoms with van der Waals surface area (Å²) in [6.07, 6.45) is -1.89. The molecule has 0 aliphatic heterocycles. The molecule has 2 aromatic heterocycles. The summed E-state index contributed by atoms with van der Waals surface area (Å²) in [6, 6.07) is 3.22. The van der Waals surface area contributed by atoms with Crippen molar-refractivity contribution in [3.8, 4) is 10.7 Å². The third-order valence-electron chi connectivity index (χ3n) is 3.24. The van der Waals surface area contributed by atoms with Gasteiger partial charge in [0, 0.05) is 17.5 Å². The Labute approximate surface area is 134 Å². The Hall–Kier alpha value is -1.46. The highest BCUT2D eigenvalue weighted by atomic mass is 32.2. The summed E-state index contributed by atoms with van der Waals surface area (Å²) >= 11 is 1.14. The van der Waals surface area contributed by atoms with Crippen LogP contribution in [0.1, 0.15) is 23.6 Å². The Morgan fingerprint density at radius 3 is 2.61 bits per heavy atom. The van der Waals surface area contributed by atoms with E-state index in [0.717, 1.165) is 30.4 Å². The van der Waals surface area contributed by atoms with Gasteiger partial charge in [-0.3, -0.25) is 0 Å². The maximum Gasteiger partial charge on any atom is 0.471 e. The maximum atomic E-state index is 12.5. The summed E-state index contributed by atoms with van der Waals surface area (Å²) in [6.45, 7) is 0.193. The monoisotopic (exact) mass is 367 g/mol. The molecular weight excluding hydrogens is 355 g/mol. The molecule has 126 valence electrons. The van der Waals surface area contributed by atoms with Gasteiger partial charge >= 0.3 is 12.1 Å². The van der Waals surface area contributed by atoms with Crippen LogP contribution in [0.3, 0.4) is 0 Å². The molecule has 11 heteroatoms. The molecule has 1 aliphatic carbocycles. The zero-order chi connectivity index (χ0) is 16.8. The predicted octanol–water partition coefficient (Wildman–Crippen LogP) is 2.74. The number of thiophene rings is 1. The van der Waals surface area contributed by atoms with Crippen LogP contribution in [0.25, 0.3) is 10.7 Å². The Kier molecular flexibility index (Phi) is 3.97. The van der Waals surface area contributed by atoms with E-state index in [4.69, 9.17) is 0 Å². The minimum Gasteiger partial charge on any atom is -0.329 e. The van der Waals surface area contributed by atoms with E-state index in [9.17, 15) is 21.6 Å². The van der Waals surface area contributed by atoms with Crippen LogP contribution in [-0.4, -0.2) is 35.2 Å². The van der Waals surface area contributed by atoms with Crippen molar-refractivity contribution >= 4 is 21.4 Å². The quantitative estimate of drug-likeness (QED) is 0.812. The second kappa shape index (κ2) is 5.56. The first kappa shape index (κ1) is 16.4. The smallest absolute Gasteiger partial charge is 0.329 e. The SMILES string of the molecule is CS(=O)(=O)N(Cc1ccc(-c2noc(C(F)(F)F)n2)s1)C1CC1. The molecule has 3 rings (SSSR count). The van der Waals surface area contributed by atoms with Crippen LogP contribution in [0.15, 0.2) is 16.7 Å². The molecule has 1 aliphatic rings. The largest absolute Gasteiger partial charge is 0.471 e. The van der Waals surface area contributed by atoms with E-state index in [-0.39, 0.29) is 18.4 Å². The van der Waals surface area contributed by atoms with Crippen molar-refractivity contribution in [3.05, 3.63) is 22.9 Å². The molecule has 0 unspecified atom stereocenters. The molecule has 6 nitrogen and oxygen atoms in total. The molecule has 0 saturated heterocycles. The highest BCUT2D eigenvalue weighted by molar-refractivity contribution is 7.88. The lowest BCUT2D eigenvalue weighted by molar-refractivity contribution is -0.159. The van der Waals surface area contributed by atoms with Crippen molar-refractivity contribution < 1.29 is 26.1 Å². The second-order valence-electron chi connectivity index (χ2n) is 5.23. The van der Waals surface area contributed by atoms with Gasteiger partial charge in [0.2, 0.25) is 15.8 Å². The van der Waals surface area contributed by atoms with E-state index in [2.05, 4.69) is 14.7 Å². The minimum absolute atomic E-state index is 0.0116. The van der Waals surface area contributed by atoms with Gasteiger partial charge in [0.25, 0.3) is 0 Å². The van der Waals surface area contributed by atoms with E-state index in [1.165, 1.54) is 4.31 Å². The van der Waals surface area contributed by atoms with Crippen molar-refractivity contribution in [2.75, 3.05) is 6.26 Å². The van der Waals surface area contributed by atoms with Crippen molar-refractivity contribution in [1.82, 2.24) is 14.4 Å². The summed E-state index contributed by atoms with van der Waals surface area (Å²) in [4.78, 5) is 4.41. The maximum absolute atomic E-state index is 12.5. The van der Waals surface area contributed by atoms with Gasteiger partial charge in [-0.25, -0.2) is 8.42 Å². The van der Waals surface area contributed by atoms with Crippen LogP contribution in [0.4, 0.5) is 13.2 Å². The van der Waals surface area contributed by atoms with Crippen LogP contribution in [-0.2, 0) is 22.7 Å². The van der Waals surface area contributed by atoms with Gasteiger partial charge in [-0.15, -0.1) is 11.3 Å². The highest BCUT2D eigenvalue weighted by Crippen LogP contribution is 2.34. The lowest BCUT2D eigenvalue weighted by atomic mass is 10.4. The summed E-state index contributed by atoms with van der Waals surface area (Å²) in [5, 5.41) is 3.31. The highest BCUT2D eigenvalue weighted by Gasteiger charge is 2.39. The first-order valence-corrected chi connectivity index (χ1v) is 9.28. The van der Waals surface area contributed by atoms with Crippen LogP contribution in [0, 0.1) is 0 Å². The summed E-state index contributed by atoms with van der Waals surface area (Å²) < 4.78 is 66.5. The molecule has 1 fully saturated rings. The van der Waals surface area contributed by atoms with Gasteiger partial charge in [0.05, 0.1) is 11.1 Å². The fraction of sp³-hybridized carbons (Fsp3) is 0.500. The van der Waals surface area contributed by atoms with Gasteiger partial charge in [0.15, 0.2) is 0 Å². The van der Waals surface area contributed by atoms with Crippen molar-refractivity contribution in [2.24, 2.45) is 0 Å². The number of alkyl halides is 3. The fourth-order valence-corrected chi connectivity index (χ4v) is 4.20. The molecule has 23 heavy (non-hydrogen) atoms. The number of hydrogen-bond acceptors (Lipinski definition) is 6. The molecule has 1 saturated carbocycles. The molecule has 0 bridgehead atoms. The Morgan fingerprint density at radius 2 is 2.09 bits per heavy atom. The summed E-state index contributed by atoms with van der Waals surface area (Å²) in [7, 11) is -3.33. The van der Waals surface area contributed by atoms with Crippen molar-refractivity contribution in [2.45, 2.75) is 31.6 Å². The zero-order valence-corrected chi connectivity index (χ0v) is 13.5. The van der Waals surface area contributed by atoms with E-state index < -0.39 is 22.1 Å². The molecule has 2 aromatic rings. The molecule has 0 atom stereocenters. The number of sulfonamides is 1. The Morgan fingerprint density at radius 1 is 1.39 bits per heavy atom. The van der Waals surface area contributed by atoms with Crippen molar-refractivity contribution in [1.29, 1.82) is 0 Å². The van der Waals surface area contributed by atoms with Crippen LogP contribution in [0.2, 0.25) is 0 Å². The number of nitrogens with zero attached hydrogens (tertiary/aromatic N) is 3. The molecule has 0 N–H and O–H groups in total. The molecule has 0 amide bonds.